The van der Waals surface area contributed by atoms with E-state index in [1.165, 1.54) is 11.3 Å². The number of hydrogen-bond acceptors (Lipinski definition) is 6. The molecule has 1 aliphatic carbocycles. The van der Waals surface area contributed by atoms with Crippen LogP contribution >= 0.6 is 0 Å². The third-order valence-electron chi connectivity index (χ3n) is 8.73. The highest BCUT2D eigenvalue weighted by Gasteiger charge is 2.69. The summed E-state index contributed by atoms with van der Waals surface area (Å²) in [7, 11) is 0. The molecule has 1 aromatic rings. The highest BCUT2D eigenvalue weighted by atomic mass is 16.2. The van der Waals surface area contributed by atoms with Crippen molar-refractivity contribution in [3.05, 3.63) is 17.5 Å². The summed E-state index contributed by atoms with van der Waals surface area (Å²) in [5, 5.41) is 19.7. The maximum Gasteiger partial charge on any atom is 0.244 e. The van der Waals surface area contributed by atoms with Gasteiger partial charge in [-0.3, -0.25) is 24.0 Å². The zero-order chi connectivity index (χ0) is 24.9. The van der Waals surface area contributed by atoms with Crippen LogP contribution in [0.15, 0.2) is 6.20 Å². The highest BCUT2D eigenvalue weighted by Crippen LogP contribution is 2.64. The van der Waals surface area contributed by atoms with Gasteiger partial charge in [-0.2, -0.15) is 10.4 Å². The van der Waals surface area contributed by atoms with E-state index in [1.54, 1.807) is 4.90 Å². The number of fused-ring (bicyclic) bond motifs is 2. The number of carbonyl (C=O) groups is 3. The zero-order valence-corrected chi connectivity index (χ0v) is 20.8. The van der Waals surface area contributed by atoms with E-state index in [0.717, 1.165) is 19.5 Å². The summed E-state index contributed by atoms with van der Waals surface area (Å²) in [5.41, 5.74) is 2.38. The van der Waals surface area contributed by atoms with Crippen LogP contribution in [0.1, 0.15) is 44.9 Å². The lowest BCUT2D eigenvalue weighted by atomic mass is 9.97. The first-order chi connectivity index (χ1) is 16.7. The number of rotatable bonds is 7. The van der Waals surface area contributed by atoms with Crippen LogP contribution in [0.4, 0.5) is 0 Å². The Bertz CT molecular complexity index is 1060. The second-order valence-electron chi connectivity index (χ2n) is 11.1. The molecule has 4 aliphatic rings. The predicted molar refractivity (Wildman–Crippen MR) is 126 cm³/mol. The summed E-state index contributed by atoms with van der Waals surface area (Å²) in [6.07, 6.45) is 3.80. The summed E-state index contributed by atoms with van der Waals surface area (Å²) in [6, 6.07) is 0.830. The normalized spacial score (nSPS) is 29.7. The number of aromatic nitrogens is 2. The monoisotopic (exact) mass is 481 g/mol. The third kappa shape index (κ3) is 4.20. The molecule has 2 N–H and O–H groups in total. The fraction of sp³-hybridized carbons (Fsp3) is 0.720. The fourth-order valence-corrected chi connectivity index (χ4v) is 6.46. The van der Waals surface area contributed by atoms with Gasteiger partial charge in [-0.25, -0.2) is 0 Å². The first kappa shape index (κ1) is 23.8. The van der Waals surface area contributed by atoms with Crippen LogP contribution in [0.25, 0.3) is 0 Å². The molecule has 3 fully saturated rings. The third-order valence-corrected chi connectivity index (χ3v) is 8.73. The van der Waals surface area contributed by atoms with E-state index >= 15 is 0 Å². The van der Waals surface area contributed by atoms with Crippen molar-refractivity contribution >= 4 is 17.7 Å². The molecule has 3 amide bonds. The Balaban J connectivity index is 1.25. The molecule has 10 nitrogen and oxygen atoms in total. The summed E-state index contributed by atoms with van der Waals surface area (Å²) < 4.78 is 2.02. The van der Waals surface area contributed by atoms with E-state index in [4.69, 9.17) is 0 Å². The van der Waals surface area contributed by atoms with Crippen molar-refractivity contribution in [1.29, 1.82) is 5.26 Å². The van der Waals surface area contributed by atoms with E-state index in [2.05, 4.69) is 47.5 Å². The van der Waals surface area contributed by atoms with Gasteiger partial charge in [0, 0.05) is 32.1 Å². The predicted octanol–water partition coefficient (Wildman–Crippen LogP) is 0.279. The molecule has 1 saturated carbocycles. The molecule has 5 rings (SSSR count). The Morgan fingerprint density at radius 1 is 1.37 bits per heavy atom. The van der Waals surface area contributed by atoms with Crippen molar-refractivity contribution in [3.8, 4) is 6.07 Å². The second-order valence-corrected chi connectivity index (χ2v) is 11.1. The number of nitrogens with one attached hydrogen (secondary N) is 2. The van der Waals surface area contributed by atoms with Crippen LogP contribution in [0.2, 0.25) is 0 Å². The molecule has 188 valence electrons. The topological polar surface area (TPSA) is 123 Å². The van der Waals surface area contributed by atoms with Crippen molar-refractivity contribution in [1.82, 2.24) is 30.2 Å². The van der Waals surface area contributed by atoms with E-state index in [1.807, 2.05) is 10.9 Å². The van der Waals surface area contributed by atoms with Crippen LogP contribution in [-0.2, 0) is 33.9 Å². The molecule has 0 radical (unpaired) electrons. The molecule has 4 heterocycles. The minimum Gasteiger partial charge on any atom is -0.356 e. The lowest BCUT2D eigenvalue weighted by Gasteiger charge is -2.34. The minimum atomic E-state index is -0.746. The van der Waals surface area contributed by atoms with Crippen molar-refractivity contribution < 1.29 is 14.4 Å². The second kappa shape index (κ2) is 8.94. The molecule has 0 aromatic carbocycles. The summed E-state index contributed by atoms with van der Waals surface area (Å²) in [4.78, 5) is 42.7. The average Bonchev–Trinajstić information content (AvgIpc) is 3.33. The molecule has 10 heteroatoms. The van der Waals surface area contributed by atoms with Gasteiger partial charge in [0.25, 0.3) is 0 Å². The van der Waals surface area contributed by atoms with Crippen molar-refractivity contribution in [2.24, 2.45) is 23.2 Å². The summed E-state index contributed by atoms with van der Waals surface area (Å²) >= 11 is 0. The van der Waals surface area contributed by atoms with Gasteiger partial charge in [0.05, 0.1) is 31.0 Å². The van der Waals surface area contributed by atoms with Gasteiger partial charge >= 0.3 is 0 Å². The Morgan fingerprint density at radius 2 is 2.17 bits per heavy atom. The van der Waals surface area contributed by atoms with E-state index < -0.39 is 12.1 Å². The molecule has 35 heavy (non-hydrogen) atoms. The molecular weight excluding hydrogens is 446 g/mol. The maximum absolute atomic E-state index is 13.5. The number of nitriles is 1. The standard InChI is InChI=1S/C25H35N7O3/c1-4-15-11-28-32-8-7-30(13-19(15)32)14-20(33)31-12-18-21(25(18,2)3)22(31)24(35)29-17(10-26)9-16-5-6-27-23(16)34/h11,16-18,21-22H,4-9,12-14H2,1-3H3,(H,27,34)(H,29,35)/t16-,17-,18-,21-,22-/m0/s1. The number of amides is 3. The zero-order valence-electron chi connectivity index (χ0n) is 20.8. The molecule has 0 bridgehead atoms. The maximum atomic E-state index is 13.5. The number of piperidine rings is 1. The van der Waals surface area contributed by atoms with Crippen LogP contribution < -0.4 is 10.6 Å². The van der Waals surface area contributed by atoms with Crippen molar-refractivity contribution in [3.63, 3.8) is 0 Å². The largest absolute Gasteiger partial charge is 0.356 e. The first-order valence-corrected chi connectivity index (χ1v) is 12.8. The summed E-state index contributed by atoms with van der Waals surface area (Å²) in [6.45, 7) is 10.0. The Kier molecular flexibility index (Phi) is 6.08. The number of carbonyl (C=O) groups excluding carboxylic acids is 3. The molecule has 0 spiro atoms. The van der Waals surface area contributed by atoms with Gasteiger partial charge in [0.1, 0.15) is 12.1 Å². The average molecular weight is 482 g/mol. The van der Waals surface area contributed by atoms with E-state index in [9.17, 15) is 19.6 Å². The van der Waals surface area contributed by atoms with Crippen LogP contribution in [0.5, 0.6) is 0 Å². The van der Waals surface area contributed by atoms with Gasteiger partial charge in [-0.05, 0) is 42.1 Å². The molecular formula is C25H35N7O3. The van der Waals surface area contributed by atoms with Gasteiger partial charge in [0.2, 0.25) is 17.7 Å². The minimum absolute atomic E-state index is 0.0000834. The van der Waals surface area contributed by atoms with Gasteiger partial charge < -0.3 is 15.5 Å². The number of aryl methyl sites for hydroxylation is 1. The van der Waals surface area contributed by atoms with E-state index in [-0.39, 0.29) is 47.4 Å². The molecule has 3 aliphatic heterocycles. The Hall–Kier alpha value is -2.93. The van der Waals surface area contributed by atoms with Gasteiger partial charge in [0.15, 0.2) is 0 Å². The van der Waals surface area contributed by atoms with E-state index in [0.29, 0.717) is 32.5 Å². The number of hydrogen-bond donors (Lipinski definition) is 2. The van der Waals surface area contributed by atoms with Gasteiger partial charge in [-0.15, -0.1) is 0 Å². The quantitative estimate of drug-likeness (QED) is 0.577. The summed E-state index contributed by atoms with van der Waals surface area (Å²) in [5.74, 6) is -0.247. The van der Waals surface area contributed by atoms with Crippen molar-refractivity contribution in [2.45, 2.75) is 65.2 Å². The lowest BCUT2D eigenvalue weighted by Crippen LogP contribution is -2.54. The van der Waals surface area contributed by atoms with Gasteiger partial charge in [-0.1, -0.05) is 20.8 Å². The number of nitrogens with zero attached hydrogens (tertiary/aromatic N) is 5. The number of likely N-dealkylation sites (tertiary alicyclic amines) is 1. The highest BCUT2D eigenvalue weighted by molar-refractivity contribution is 5.90. The molecule has 1 aromatic heterocycles. The first-order valence-electron chi connectivity index (χ1n) is 12.8. The smallest absolute Gasteiger partial charge is 0.244 e. The fourth-order valence-electron chi connectivity index (χ4n) is 6.46. The lowest BCUT2D eigenvalue weighted by molar-refractivity contribution is -0.141. The van der Waals surface area contributed by atoms with Crippen LogP contribution in [-0.4, -0.2) is 75.6 Å². The Labute approximate surface area is 206 Å². The van der Waals surface area contributed by atoms with Crippen LogP contribution in [0.3, 0.4) is 0 Å². The molecule has 0 unspecified atom stereocenters. The van der Waals surface area contributed by atoms with Crippen molar-refractivity contribution in [2.75, 3.05) is 26.2 Å². The Morgan fingerprint density at radius 3 is 2.86 bits per heavy atom. The molecule has 5 atom stereocenters. The van der Waals surface area contributed by atoms with Crippen LogP contribution in [0, 0.1) is 34.5 Å². The SMILES string of the molecule is CCc1cnn2c1CN(CC(=O)N1C[C@H]3[C@@H]([C@H]1C(=O)N[C@H](C#N)C[C@@H]1CCNC1=O)C3(C)C)CC2. The molecule has 2 saturated heterocycles.